The van der Waals surface area contributed by atoms with Gasteiger partial charge in [0.15, 0.2) is 0 Å². The number of hydrogen-bond donors (Lipinski definition) is 0. The van der Waals surface area contributed by atoms with Gasteiger partial charge in [0.05, 0.1) is 0 Å². The number of nitriles is 1. The van der Waals surface area contributed by atoms with Crippen molar-refractivity contribution in [3.63, 3.8) is 0 Å². The van der Waals surface area contributed by atoms with Gasteiger partial charge < -0.3 is 4.74 Å². The van der Waals surface area contributed by atoms with Crippen LogP contribution >= 0.6 is 0 Å². The third-order valence-corrected chi connectivity index (χ3v) is 2.32. The van der Waals surface area contributed by atoms with Crippen molar-refractivity contribution in [1.29, 1.82) is 5.26 Å². The highest BCUT2D eigenvalue weighted by atomic mass is 16.5. The van der Waals surface area contributed by atoms with E-state index in [1.165, 1.54) is 0 Å². The molecule has 3 heteroatoms. The summed E-state index contributed by atoms with van der Waals surface area (Å²) in [5, 5.41) is 8.97. The molecule has 0 aliphatic carbocycles. The van der Waals surface area contributed by atoms with Crippen LogP contribution in [0.3, 0.4) is 0 Å². The summed E-state index contributed by atoms with van der Waals surface area (Å²) in [5.41, 5.74) is 2.37. The fourth-order valence-electron chi connectivity index (χ4n) is 1.49. The molecular weight excluding hydrogens is 212 g/mol. The second kappa shape index (κ2) is 4.67. The van der Waals surface area contributed by atoms with Crippen molar-refractivity contribution >= 4 is 0 Å². The Morgan fingerprint density at radius 1 is 1.18 bits per heavy atom. The SMILES string of the molecule is Cc1cccc(Oc2nc(C)ccc2C#N)c1. The Bertz CT molecular complexity index is 585. The molecule has 2 aromatic rings. The molecule has 0 bridgehead atoms. The van der Waals surface area contributed by atoms with E-state index in [2.05, 4.69) is 11.1 Å². The number of aromatic nitrogens is 1. The van der Waals surface area contributed by atoms with Gasteiger partial charge in [0.25, 0.3) is 0 Å². The standard InChI is InChI=1S/C14H12N2O/c1-10-4-3-5-13(8-10)17-14-12(9-15)7-6-11(2)16-14/h3-8H,1-2H3. The average molecular weight is 224 g/mol. The predicted octanol–water partition coefficient (Wildman–Crippen LogP) is 3.36. The summed E-state index contributed by atoms with van der Waals surface area (Å²) < 4.78 is 5.63. The van der Waals surface area contributed by atoms with Crippen LogP contribution in [0.5, 0.6) is 11.6 Å². The Morgan fingerprint density at radius 3 is 2.71 bits per heavy atom. The molecule has 84 valence electrons. The summed E-state index contributed by atoms with van der Waals surface area (Å²) in [6.07, 6.45) is 0. The van der Waals surface area contributed by atoms with E-state index >= 15 is 0 Å². The monoisotopic (exact) mass is 224 g/mol. The van der Waals surface area contributed by atoms with Gasteiger partial charge in [-0.25, -0.2) is 4.98 Å². The van der Waals surface area contributed by atoms with Crippen LogP contribution < -0.4 is 4.74 Å². The Kier molecular flexibility index (Phi) is 3.06. The van der Waals surface area contributed by atoms with Crippen LogP contribution in [0.2, 0.25) is 0 Å². The number of benzene rings is 1. The summed E-state index contributed by atoms with van der Waals surface area (Å²) in [6.45, 7) is 3.85. The Labute approximate surface area is 100 Å². The minimum atomic E-state index is 0.359. The predicted molar refractivity (Wildman–Crippen MR) is 64.9 cm³/mol. The van der Waals surface area contributed by atoms with E-state index in [4.69, 9.17) is 10.00 Å². The molecule has 2 rings (SSSR count). The molecule has 0 amide bonds. The van der Waals surface area contributed by atoms with E-state index < -0.39 is 0 Å². The second-order valence-corrected chi connectivity index (χ2v) is 3.84. The number of nitrogens with zero attached hydrogens (tertiary/aromatic N) is 2. The first-order valence-corrected chi connectivity index (χ1v) is 5.31. The summed E-state index contributed by atoms with van der Waals surface area (Å²) in [7, 11) is 0. The van der Waals surface area contributed by atoms with E-state index in [-0.39, 0.29) is 0 Å². The van der Waals surface area contributed by atoms with Gasteiger partial charge in [0.2, 0.25) is 5.88 Å². The first-order chi connectivity index (χ1) is 8.19. The maximum atomic E-state index is 8.97. The van der Waals surface area contributed by atoms with Crippen LogP contribution in [0.15, 0.2) is 36.4 Å². The number of hydrogen-bond acceptors (Lipinski definition) is 3. The highest BCUT2D eigenvalue weighted by Crippen LogP contribution is 2.23. The van der Waals surface area contributed by atoms with Crippen LogP contribution in [0, 0.1) is 25.2 Å². The van der Waals surface area contributed by atoms with Crippen molar-refractivity contribution in [3.8, 4) is 17.7 Å². The summed E-state index contributed by atoms with van der Waals surface area (Å²) in [6, 6.07) is 13.2. The molecule has 1 aromatic carbocycles. The van der Waals surface area contributed by atoms with Gasteiger partial charge in [-0.15, -0.1) is 0 Å². The lowest BCUT2D eigenvalue weighted by Crippen LogP contribution is -1.93. The van der Waals surface area contributed by atoms with Gasteiger partial charge in [0, 0.05) is 5.69 Å². The van der Waals surface area contributed by atoms with E-state index in [1.807, 2.05) is 38.1 Å². The van der Waals surface area contributed by atoms with Crippen LogP contribution in [0.25, 0.3) is 0 Å². The highest BCUT2D eigenvalue weighted by molar-refractivity contribution is 5.41. The zero-order valence-electron chi connectivity index (χ0n) is 9.77. The molecular formula is C14H12N2O. The molecule has 0 atom stereocenters. The quantitative estimate of drug-likeness (QED) is 0.785. The molecule has 0 aliphatic heterocycles. The Balaban J connectivity index is 2.36. The molecule has 17 heavy (non-hydrogen) atoms. The number of aryl methyl sites for hydroxylation is 2. The van der Waals surface area contributed by atoms with Gasteiger partial charge in [-0.3, -0.25) is 0 Å². The van der Waals surface area contributed by atoms with Crippen molar-refractivity contribution in [2.24, 2.45) is 0 Å². The molecule has 0 fully saturated rings. The fourth-order valence-corrected chi connectivity index (χ4v) is 1.49. The van der Waals surface area contributed by atoms with Crippen molar-refractivity contribution in [3.05, 3.63) is 53.2 Å². The molecule has 1 heterocycles. The topological polar surface area (TPSA) is 45.9 Å². The molecule has 3 nitrogen and oxygen atoms in total. The minimum absolute atomic E-state index is 0.359. The maximum Gasteiger partial charge on any atom is 0.237 e. The number of ether oxygens (including phenoxy) is 1. The van der Waals surface area contributed by atoms with Crippen molar-refractivity contribution in [2.45, 2.75) is 13.8 Å². The maximum absolute atomic E-state index is 8.97. The van der Waals surface area contributed by atoms with Crippen LogP contribution in [-0.2, 0) is 0 Å². The molecule has 0 unspecified atom stereocenters. The van der Waals surface area contributed by atoms with Gasteiger partial charge >= 0.3 is 0 Å². The van der Waals surface area contributed by atoms with E-state index in [1.54, 1.807) is 12.1 Å². The van der Waals surface area contributed by atoms with Crippen LogP contribution in [0.1, 0.15) is 16.8 Å². The molecule has 0 saturated carbocycles. The normalized spacial score (nSPS) is 9.71. The largest absolute Gasteiger partial charge is 0.438 e. The first-order valence-electron chi connectivity index (χ1n) is 5.31. The molecule has 1 aromatic heterocycles. The number of pyridine rings is 1. The zero-order chi connectivity index (χ0) is 12.3. The van der Waals surface area contributed by atoms with E-state index in [0.717, 1.165) is 11.3 Å². The third-order valence-electron chi connectivity index (χ3n) is 2.32. The van der Waals surface area contributed by atoms with Gasteiger partial charge in [-0.05, 0) is 43.7 Å². The summed E-state index contributed by atoms with van der Waals surface area (Å²) in [5.74, 6) is 1.05. The molecule has 0 radical (unpaired) electrons. The van der Waals surface area contributed by atoms with Gasteiger partial charge in [-0.1, -0.05) is 12.1 Å². The van der Waals surface area contributed by atoms with Crippen LogP contribution in [-0.4, -0.2) is 4.98 Å². The van der Waals surface area contributed by atoms with Crippen molar-refractivity contribution < 1.29 is 4.74 Å². The fraction of sp³-hybridized carbons (Fsp3) is 0.143. The first kappa shape index (κ1) is 11.2. The molecule has 0 spiro atoms. The third kappa shape index (κ3) is 2.61. The van der Waals surface area contributed by atoms with Gasteiger partial charge in [0.1, 0.15) is 17.4 Å². The van der Waals surface area contributed by atoms with Crippen molar-refractivity contribution in [1.82, 2.24) is 4.98 Å². The molecule has 0 aliphatic rings. The molecule has 0 N–H and O–H groups in total. The lowest BCUT2D eigenvalue weighted by Gasteiger charge is -2.07. The number of rotatable bonds is 2. The minimum Gasteiger partial charge on any atom is -0.438 e. The lowest BCUT2D eigenvalue weighted by molar-refractivity contribution is 0.459. The Morgan fingerprint density at radius 2 is 2.00 bits per heavy atom. The summed E-state index contributed by atoms with van der Waals surface area (Å²) >= 11 is 0. The van der Waals surface area contributed by atoms with E-state index in [0.29, 0.717) is 17.2 Å². The van der Waals surface area contributed by atoms with Crippen LogP contribution in [0.4, 0.5) is 0 Å². The lowest BCUT2D eigenvalue weighted by atomic mass is 10.2. The smallest absolute Gasteiger partial charge is 0.237 e. The summed E-state index contributed by atoms with van der Waals surface area (Å²) in [4.78, 5) is 4.22. The second-order valence-electron chi connectivity index (χ2n) is 3.84. The Hall–Kier alpha value is -2.34. The van der Waals surface area contributed by atoms with E-state index in [9.17, 15) is 0 Å². The van der Waals surface area contributed by atoms with Crippen molar-refractivity contribution in [2.75, 3.05) is 0 Å². The highest BCUT2D eigenvalue weighted by Gasteiger charge is 2.06. The van der Waals surface area contributed by atoms with Gasteiger partial charge in [-0.2, -0.15) is 5.26 Å². The molecule has 0 saturated heterocycles. The zero-order valence-corrected chi connectivity index (χ0v) is 9.77. The average Bonchev–Trinajstić information content (AvgIpc) is 2.29.